The maximum absolute atomic E-state index is 12.8. The fourth-order valence-corrected chi connectivity index (χ4v) is 7.00. The number of carboxylic acids is 1. The van der Waals surface area contributed by atoms with Gasteiger partial charge in [0.25, 0.3) is 0 Å². The molecular formula is C60H97NO7. The van der Waals surface area contributed by atoms with Crippen molar-refractivity contribution in [1.29, 1.82) is 0 Å². The van der Waals surface area contributed by atoms with Crippen LogP contribution >= 0.6 is 0 Å². The molecule has 0 aromatic carbocycles. The number of rotatable bonds is 46. The number of quaternary nitrogens is 1. The molecule has 0 aliphatic rings. The summed E-state index contributed by atoms with van der Waals surface area (Å²) >= 11 is 0. The molecule has 0 aromatic heterocycles. The largest absolute Gasteiger partial charge is 0.544 e. The molecule has 8 nitrogen and oxygen atoms in total. The van der Waals surface area contributed by atoms with Crippen molar-refractivity contribution in [3.63, 3.8) is 0 Å². The number of esters is 2. The lowest BCUT2D eigenvalue weighted by Crippen LogP contribution is -2.55. The fourth-order valence-electron chi connectivity index (χ4n) is 7.00. The van der Waals surface area contributed by atoms with Gasteiger partial charge in [0, 0.05) is 19.3 Å². The van der Waals surface area contributed by atoms with E-state index in [-0.39, 0.29) is 49.1 Å². The Morgan fingerprint density at radius 2 is 0.824 bits per heavy atom. The van der Waals surface area contributed by atoms with Gasteiger partial charge in [0.15, 0.2) is 6.10 Å². The standard InChI is InChI=1S/C60H97NO7/c1-6-8-10-12-14-16-18-20-22-24-26-28-29-31-32-34-36-38-40-42-44-46-48-50-58(62)67-55-56(54-66-53-52-57(60(64)65)61(3,4)5)68-59(63)51-49-47-45-43-41-39-37-35-33-30-27-25-23-21-19-17-15-13-11-9-7-2/h8,10,14-17,20-23,26-28,30-32,35-38,56-57H,6-7,9,11-13,18-19,24-25,29,33-34,39-55H2,1-5H3/b10-8+,16-14+,17-15+,22-20+,23-21+,28-26+,30-27+,32-31+,37-35+,38-36+. The molecular weight excluding hydrogens is 847 g/mol. The van der Waals surface area contributed by atoms with Gasteiger partial charge in [-0.3, -0.25) is 9.59 Å². The van der Waals surface area contributed by atoms with Crippen molar-refractivity contribution in [2.45, 2.75) is 199 Å². The van der Waals surface area contributed by atoms with Gasteiger partial charge >= 0.3 is 11.9 Å². The van der Waals surface area contributed by atoms with E-state index in [4.69, 9.17) is 14.2 Å². The smallest absolute Gasteiger partial charge is 0.306 e. The molecule has 0 N–H and O–H groups in total. The van der Waals surface area contributed by atoms with E-state index < -0.39 is 18.1 Å². The van der Waals surface area contributed by atoms with Crippen molar-refractivity contribution < 1.29 is 38.2 Å². The first-order valence-electron chi connectivity index (χ1n) is 26.6. The highest BCUT2D eigenvalue weighted by molar-refractivity contribution is 5.70. The zero-order chi connectivity index (χ0) is 49.9. The van der Waals surface area contributed by atoms with Crippen LogP contribution in [-0.2, 0) is 28.6 Å². The summed E-state index contributed by atoms with van der Waals surface area (Å²) in [7, 11) is 5.39. The van der Waals surface area contributed by atoms with Crippen molar-refractivity contribution in [2.75, 3.05) is 41.0 Å². The highest BCUT2D eigenvalue weighted by Crippen LogP contribution is 2.13. The number of nitrogens with zero attached hydrogens (tertiary/aromatic N) is 1. The van der Waals surface area contributed by atoms with Gasteiger partial charge in [0.05, 0.1) is 40.3 Å². The fraction of sp³-hybridized carbons (Fsp3) is 0.617. The summed E-state index contributed by atoms with van der Waals surface area (Å²) in [6, 6.07) is -0.743. The predicted molar refractivity (Wildman–Crippen MR) is 286 cm³/mol. The summed E-state index contributed by atoms with van der Waals surface area (Å²) in [4.78, 5) is 37.1. The van der Waals surface area contributed by atoms with Crippen molar-refractivity contribution in [3.8, 4) is 0 Å². The molecule has 384 valence electrons. The Bertz CT molecular complexity index is 1520. The molecule has 0 amide bonds. The van der Waals surface area contributed by atoms with Crippen LogP contribution in [0.15, 0.2) is 122 Å². The van der Waals surface area contributed by atoms with Gasteiger partial charge in [-0.25, -0.2) is 0 Å². The topological polar surface area (TPSA) is 102 Å². The van der Waals surface area contributed by atoms with Gasteiger partial charge in [-0.05, 0) is 109 Å². The average molecular weight is 944 g/mol. The SMILES string of the molecule is CC/C=C/C/C=C/C/C=C/C/C=C/C/C=C/C/C=C/CCCCCCC(=O)OCC(COCCC(C(=O)[O-])[N+](C)(C)C)OC(=O)CCCCCCC/C=C/C/C=C/C/C=C/C/C=C/CCCCC. The average Bonchev–Trinajstić information content (AvgIpc) is 3.30. The van der Waals surface area contributed by atoms with Gasteiger partial charge in [0.2, 0.25) is 0 Å². The molecule has 0 fully saturated rings. The van der Waals surface area contributed by atoms with Crippen LogP contribution < -0.4 is 5.11 Å². The first-order chi connectivity index (χ1) is 33.1. The van der Waals surface area contributed by atoms with Crippen LogP contribution in [0.2, 0.25) is 0 Å². The maximum atomic E-state index is 12.8. The van der Waals surface area contributed by atoms with Gasteiger partial charge in [0.1, 0.15) is 12.6 Å². The van der Waals surface area contributed by atoms with Crippen molar-refractivity contribution in [1.82, 2.24) is 0 Å². The van der Waals surface area contributed by atoms with E-state index >= 15 is 0 Å². The van der Waals surface area contributed by atoms with Crippen LogP contribution in [0.4, 0.5) is 0 Å². The van der Waals surface area contributed by atoms with Crippen LogP contribution in [-0.4, -0.2) is 75.5 Å². The molecule has 0 bridgehead atoms. The summed E-state index contributed by atoms with van der Waals surface area (Å²) in [6.07, 6.45) is 69.4. The summed E-state index contributed by atoms with van der Waals surface area (Å²) in [6.45, 7) is 4.46. The lowest BCUT2D eigenvalue weighted by molar-refractivity contribution is -0.889. The minimum atomic E-state index is -1.14. The molecule has 0 saturated heterocycles. The van der Waals surface area contributed by atoms with Gasteiger partial charge in [-0.15, -0.1) is 0 Å². The van der Waals surface area contributed by atoms with Crippen LogP contribution in [0.25, 0.3) is 0 Å². The highest BCUT2D eigenvalue weighted by atomic mass is 16.6. The second-order valence-electron chi connectivity index (χ2n) is 18.4. The summed E-state index contributed by atoms with van der Waals surface area (Å²) in [5.74, 6) is -1.81. The van der Waals surface area contributed by atoms with Crippen molar-refractivity contribution >= 4 is 17.9 Å². The Hall–Kier alpha value is -4.27. The second-order valence-corrected chi connectivity index (χ2v) is 18.4. The van der Waals surface area contributed by atoms with E-state index in [1.54, 1.807) is 21.1 Å². The van der Waals surface area contributed by atoms with Gasteiger partial charge < -0.3 is 28.6 Å². The number of ether oxygens (including phenoxy) is 3. The highest BCUT2D eigenvalue weighted by Gasteiger charge is 2.25. The van der Waals surface area contributed by atoms with Gasteiger partial charge in [-0.2, -0.15) is 0 Å². The third-order valence-corrected chi connectivity index (χ3v) is 11.1. The molecule has 8 heteroatoms. The summed E-state index contributed by atoms with van der Waals surface area (Å²) in [5, 5.41) is 11.7. The number of carboxylic acid groups (broad SMARTS) is 1. The Balaban J connectivity index is 4.37. The van der Waals surface area contributed by atoms with E-state index in [0.29, 0.717) is 6.42 Å². The van der Waals surface area contributed by atoms with E-state index in [9.17, 15) is 19.5 Å². The number of allylic oxidation sites excluding steroid dienone is 20. The minimum absolute atomic E-state index is 0.0159. The zero-order valence-corrected chi connectivity index (χ0v) is 43.7. The van der Waals surface area contributed by atoms with Gasteiger partial charge in [-0.1, -0.05) is 180 Å². The third kappa shape index (κ3) is 46.8. The molecule has 0 heterocycles. The molecule has 0 spiro atoms. The third-order valence-electron chi connectivity index (χ3n) is 11.1. The summed E-state index contributed by atoms with van der Waals surface area (Å²) < 4.78 is 17.2. The van der Waals surface area contributed by atoms with E-state index in [2.05, 4.69) is 135 Å². The molecule has 0 saturated carbocycles. The predicted octanol–water partition coefficient (Wildman–Crippen LogP) is 14.4. The normalized spacial score (nSPS) is 13.8. The van der Waals surface area contributed by atoms with Crippen LogP contribution in [0.5, 0.6) is 0 Å². The van der Waals surface area contributed by atoms with Crippen molar-refractivity contribution in [2.24, 2.45) is 0 Å². The first kappa shape index (κ1) is 63.7. The first-order valence-corrected chi connectivity index (χ1v) is 26.6. The zero-order valence-electron chi connectivity index (χ0n) is 43.7. The van der Waals surface area contributed by atoms with Crippen molar-refractivity contribution in [3.05, 3.63) is 122 Å². The number of carbonyl (C=O) groups is 3. The quantitative estimate of drug-likeness (QED) is 0.0259. The number of unbranched alkanes of at least 4 members (excludes halogenated alkanes) is 12. The lowest BCUT2D eigenvalue weighted by atomic mass is 10.1. The Kier molecular flexibility index (Phi) is 46.1. The number of hydrogen-bond donors (Lipinski definition) is 0. The van der Waals surface area contributed by atoms with Crippen LogP contribution in [0, 0.1) is 0 Å². The number of aliphatic carboxylic acids is 1. The van der Waals surface area contributed by atoms with E-state index in [1.807, 2.05) is 0 Å². The Morgan fingerprint density at radius 3 is 1.22 bits per heavy atom. The summed E-state index contributed by atoms with van der Waals surface area (Å²) in [5.41, 5.74) is 0. The molecule has 0 rings (SSSR count). The molecule has 2 atom stereocenters. The van der Waals surface area contributed by atoms with E-state index in [1.165, 1.54) is 25.7 Å². The Morgan fingerprint density at radius 1 is 0.456 bits per heavy atom. The van der Waals surface area contributed by atoms with E-state index in [0.717, 1.165) is 128 Å². The number of likely N-dealkylation sites (N-methyl/N-ethyl adjacent to an activating group) is 1. The Labute approximate surface area is 416 Å². The lowest BCUT2D eigenvalue weighted by Gasteiger charge is -2.34. The molecule has 0 aliphatic carbocycles. The van der Waals surface area contributed by atoms with Crippen LogP contribution in [0.3, 0.4) is 0 Å². The maximum Gasteiger partial charge on any atom is 0.306 e. The molecule has 0 aliphatic heterocycles. The van der Waals surface area contributed by atoms with Crippen LogP contribution in [0.1, 0.15) is 187 Å². The molecule has 68 heavy (non-hydrogen) atoms. The molecule has 2 unspecified atom stereocenters. The monoisotopic (exact) mass is 944 g/mol. The number of carbonyl (C=O) groups excluding carboxylic acids is 3. The number of hydrogen-bond acceptors (Lipinski definition) is 7. The second kappa shape index (κ2) is 49.2. The minimum Gasteiger partial charge on any atom is -0.544 e. The molecule has 0 aromatic rings. The molecule has 0 radical (unpaired) electrons.